The third-order valence-corrected chi connectivity index (χ3v) is 4.13. The van der Waals surface area contributed by atoms with Crippen molar-refractivity contribution in [2.75, 3.05) is 19.6 Å². The maximum atomic E-state index is 2.67. The molecule has 0 aromatic carbocycles. The van der Waals surface area contributed by atoms with Crippen molar-refractivity contribution in [3.63, 3.8) is 0 Å². The summed E-state index contributed by atoms with van der Waals surface area (Å²) in [5.41, 5.74) is 0. The molecule has 1 saturated carbocycles. The van der Waals surface area contributed by atoms with E-state index in [9.17, 15) is 0 Å². The van der Waals surface area contributed by atoms with E-state index in [0.717, 1.165) is 23.7 Å². The molecule has 2 atom stereocenters. The van der Waals surface area contributed by atoms with Crippen LogP contribution in [0.25, 0.3) is 0 Å². The van der Waals surface area contributed by atoms with Crippen LogP contribution in [0.3, 0.4) is 0 Å². The Labute approximate surface area is 88.9 Å². The summed E-state index contributed by atoms with van der Waals surface area (Å²) in [7, 11) is 0. The number of likely N-dealkylation sites (tertiary alicyclic amines) is 1. The predicted octanol–water partition coefficient (Wildman–Crippen LogP) is 3.01. The molecule has 1 heterocycles. The molecule has 0 aromatic heterocycles. The van der Waals surface area contributed by atoms with E-state index in [2.05, 4.69) is 25.7 Å². The number of hydrogen-bond donors (Lipinski definition) is 0. The Morgan fingerprint density at radius 1 is 1.21 bits per heavy atom. The standard InChI is InChI=1S/C13H25N/c1-10(2)6-12-7-14(8-12)9-13-5-4-11(13)3/h10-13H,4-9H2,1-3H3. The molecule has 1 aliphatic heterocycles. The van der Waals surface area contributed by atoms with Crippen LogP contribution in [-0.4, -0.2) is 24.5 Å². The Hall–Kier alpha value is -0.0400. The highest BCUT2D eigenvalue weighted by Gasteiger charge is 2.33. The second-order valence-corrected chi connectivity index (χ2v) is 6.03. The molecule has 0 amide bonds. The number of nitrogens with zero attached hydrogens (tertiary/aromatic N) is 1. The van der Waals surface area contributed by atoms with E-state index in [-0.39, 0.29) is 0 Å². The van der Waals surface area contributed by atoms with E-state index < -0.39 is 0 Å². The van der Waals surface area contributed by atoms with E-state index >= 15 is 0 Å². The first kappa shape index (κ1) is 10.5. The van der Waals surface area contributed by atoms with Gasteiger partial charge in [0.1, 0.15) is 0 Å². The number of hydrogen-bond acceptors (Lipinski definition) is 1. The third-order valence-electron chi connectivity index (χ3n) is 4.13. The topological polar surface area (TPSA) is 3.24 Å². The van der Waals surface area contributed by atoms with Crippen molar-refractivity contribution in [1.82, 2.24) is 4.90 Å². The highest BCUT2D eigenvalue weighted by molar-refractivity contribution is 4.86. The Balaban J connectivity index is 1.59. The molecular formula is C13H25N. The summed E-state index contributed by atoms with van der Waals surface area (Å²) in [4.78, 5) is 2.67. The van der Waals surface area contributed by atoms with Gasteiger partial charge in [0.2, 0.25) is 0 Å². The van der Waals surface area contributed by atoms with Gasteiger partial charge in [-0.05, 0) is 36.5 Å². The van der Waals surface area contributed by atoms with Gasteiger partial charge in [-0.3, -0.25) is 0 Å². The molecule has 0 spiro atoms. The maximum absolute atomic E-state index is 2.67. The first-order valence-electron chi connectivity index (χ1n) is 6.37. The molecule has 0 radical (unpaired) electrons. The lowest BCUT2D eigenvalue weighted by Gasteiger charge is -2.45. The van der Waals surface area contributed by atoms with Crippen molar-refractivity contribution in [3.05, 3.63) is 0 Å². The van der Waals surface area contributed by atoms with Gasteiger partial charge in [0.15, 0.2) is 0 Å². The second kappa shape index (κ2) is 4.22. The molecule has 1 aliphatic carbocycles. The van der Waals surface area contributed by atoms with Crippen molar-refractivity contribution >= 4 is 0 Å². The predicted molar refractivity (Wildman–Crippen MR) is 61.3 cm³/mol. The van der Waals surface area contributed by atoms with E-state index in [1.165, 1.54) is 38.9 Å². The van der Waals surface area contributed by atoms with Crippen LogP contribution >= 0.6 is 0 Å². The smallest absolute Gasteiger partial charge is 0.00222 e. The van der Waals surface area contributed by atoms with Gasteiger partial charge in [0, 0.05) is 19.6 Å². The molecule has 2 fully saturated rings. The van der Waals surface area contributed by atoms with Crippen molar-refractivity contribution in [3.8, 4) is 0 Å². The third kappa shape index (κ3) is 2.31. The van der Waals surface area contributed by atoms with Crippen LogP contribution in [0.2, 0.25) is 0 Å². The molecule has 14 heavy (non-hydrogen) atoms. The Morgan fingerprint density at radius 2 is 1.93 bits per heavy atom. The van der Waals surface area contributed by atoms with Gasteiger partial charge < -0.3 is 4.90 Å². The van der Waals surface area contributed by atoms with Crippen LogP contribution in [0, 0.1) is 23.7 Å². The van der Waals surface area contributed by atoms with Gasteiger partial charge in [0.05, 0.1) is 0 Å². The van der Waals surface area contributed by atoms with Gasteiger partial charge >= 0.3 is 0 Å². The molecule has 2 aliphatic rings. The summed E-state index contributed by atoms with van der Waals surface area (Å²) >= 11 is 0. The lowest BCUT2D eigenvalue weighted by Crippen LogP contribution is -2.50. The Morgan fingerprint density at radius 3 is 2.36 bits per heavy atom. The van der Waals surface area contributed by atoms with Gasteiger partial charge in [-0.15, -0.1) is 0 Å². The zero-order valence-corrected chi connectivity index (χ0v) is 10.00. The van der Waals surface area contributed by atoms with Crippen molar-refractivity contribution in [1.29, 1.82) is 0 Å². The fourth-order valence-corrected chi connectivity index (χ4v) is 2.98. The molecule has 1 saturated heterocycles. The lowest BCUT2D eigenvalue weighted by molar-refractivity contribution is 0.0333. The van der Waals surface area contributed by atoms with Gasteiger partial charge in [-0.25, -0.2) is 0 Å². The number of rotatable bonds is 4. The minimum atomic E-state index is 0.893. The average Bonchev–Trinajstić information content (AvgIpc) is 2.05. The molecule has 2 unspecified atom stereocenters. The summed E-state index contributed by atoms with van der Waals surface area (Å²) in [6, 6.07) is 0. The lowest BCUT2D eigenvalue weighted by atomic mass is 9.74. The summed E-state index contributed by atoms with van der Waals surface area (Å²) in [5.74, 6) is 3.96. The molecule has 2 rings (SSSR count). The van der Waals surface area contributed by atoms with Crippen LogP contribution in [0.4, 0.5) is 0 Å². The first-order chi connectivity index (χ1) is 6.65. The van der Waals surface area contributed by atoms with E-state index in [0.29, 0.717) is 0 Å². The Kier molecular flexibility index (Phi) is 3.16. The van der Waals surface area contributed by atoms with Crippen molar-refractivity contribution in [2.45, 2.75) is 40.0 Å². The molecule has 0 bridgehead atoms. The van der Waals surface area contributed by atoms with Crippen LogP contribution in [0.5, 0.6) is 0 Å². The van der Waals surface area contributed by atoms with Crippen LogP contribution in [-0.2, 0) is 0 Å². The average molecular weight is 195 g/mol. The highest BCUT2D eigenvalue weighted by Crippen LogP contribution is 2.36. The minimum Gasteiger partial charge on any atom is -0.302 e. The second-order valence-electron chi connectivity index (χ2n) is 6.03. The van der Waals surface area contributed by atoms with Crippen LogP contribution in [0.1, 0.15) is 40.0 Å². The molecule has 0 N–H and O–H groups in total. The van der Waals surface area contributed by atoms with E-state index in [4.69, 9.17) is 0 Å². The molecule has 1 nitrogen and oxygen atoms in total. The monoisotopic (exact) mass is 195 g/mol. The summed E-state index contributed by atoms with van der Waals surface area (Å²) in [6.45, 7) is 11.3. The van der Waals surface area contributed by atoms with Gasteiger partial charge in [0.25, 0.3) is 0 Å². The molecule has 1 heteroatoms. The summed E-state index contributed by atoms with van der Waals surface area (Å²) in [6.07, 6.45) is 4.41. The fourth-order valence-electron chi connectivity index (χ4n) is 2.98. The maximum Gasteiger partial charge on any atom is 0.00222 e. The normalized spacial score (nSPS) is 34.3. The van der Waals surface area contributed by atoms with E-state index in [1.807, 2.05) is 0 Å². The molecular weight excluding hydrogens is 170 g/mol. The SMILES string of the molecule is CC(C)CC1CN(CC2CCC2C)C1. The zero-order valence-electron chi connectivity index (χ0n) is 10.00. The quantitative estimate of drug-likeness (QED) is 0.666. The fraction of sp³-hybridized carbons (Fsp3) is 1.00. The Bertz CT molecular complexity index is 182. The summed E-state index contributed by atoms with van der Waals surface area (Å²) in [5, 5.41) is 0. The zero-order chi connectivity index (χ0) is 10.1. The largest absolute Gasteiger partial charge is 0.302 e. The minimum absolute atomic E-state index is 0.893. The van der Waals surface area contributed by atoms with Crippen molar-refractivity contribution in [2.24, 2.45) is 23.7 Å². The van der Waals surface area contributed by atoms with Crippen LogP contribution < -0.4 is 0 Å². The molecule has 0 aromatic rings. The van der Waals surface area contributed by atoms with E-state index in [1.54, 1.807) is 0 Å². The first-order valence-corrected chi connectivity index (χ1v) is 6.37. The van der Waals surface area contributed by atoms with Gasteiger partial charge in [-0.2, -0.15) is 0 Å². The van der Waals surface area contributed by atoms with Crippen LogP contribution in [0.15, 0.2) is 0 Å². The highest BCUT2D eigenvalue weighted by atomic mass is 15.2. The molecule has 82 valence electrons. The van der Waals surface area contributed by atoms with Crippen molar-refractivity contribution < 1.29 is 0 Å². The van der Waals surface area contributed by atoms with Gasteiger partial charge in [-0.1, -0.05) is 27.2 Å². The summed E-state index contributed by atoms with van der Waals surface area (Å²) < 4.78 is 0.